The zero-order valence-electron chi connectivity index (χ0n) is 25.3. The predicted molar refractivity (Wildman–Crippen MR) is 196 cm³/mol. The first kappa shape index (κ1) is 26.0. The fourth-order valence-electron chi connectivity index (χ4n) is 7.33. The Labute approximate surface area is 270 Å². The summed E-state index contributed by atoms with van der Waals surface area (Å²) in [5.41, 5.74) is 11.2. The van der Waals surface area contributed by atoms with Gasteiger partial charge in [-0.1, -0.05) is 133 Å². The summed E-state index contributed by atoms with van der Waals surface area (Å²) in [7, 11) is 0. The maximum atomic E-state index is 6.16. The predicted octanol–water partition coefficient (Wildman–Crippen LogP) is 12.0. The molecule has 0 amide bonds. The van der Waals surface area contributed by atoms with E-state index in [-0.39, 0.29) is 0 Å². The molecule has 3 nitrogen and oxygen atoms in total. The van der Waals surface area contributed by atoms with Crippen LogP contribution in [0.25, 0.3) is 98.9 Å². The van der Waals surface area contributed by atoms with Crippen molar-refractivity contribution in [3.05, 3.63) is 158 Å². The van der Waals surface area contributed by atoms with Crippen LogP contribution in [0.1, 0.15) is 0 Å². The van der Waals surface area contributed by atoms with Crippen molar-refractivity contribution in [1.82, 2.24) is 9.97 Å². The quantitative estimate of drug-likeness (QED) is 0.190. The lowest BCUT2D eigenvalue weighted by Crippen LogP contribution is -1.90. The SMILES string of the molecule is c1ccc(-c2c3ccccc3c(-c3ccc(-c4ccc5c(ccc6oc7nc8ccccc8nc7c65)c4)cc3)c3ccccc23)cc1. The van der Waals surface area contributed by atoms with E-state index < -0.39 is 0 Å². The first-order valence-electron chi connectivity index (χ1n) is 15.9. The van der Waals surface area contributed by atoms with Crippen LogP contribution in [0.4, 0.5) is 0 Å². The second kappa shape index (κ2) is 10.1. The van der Waals surface area contributed by atoms with Crippen molar-refractivity contribution >= 4 is 65.6 Å². The molecule has 0 N–H and O–H groups in total. The van der Waals surface area contributed by atoms with Gasteiger partial charge >= 0.3 is 0 Å². The molecule has 0 aliphatic heterocycles. The fourth-order valence-corrected chi connectivity index (χ4v) is 7.33. The Morgan fingerprint density at radius 1 is 0.383 bits per heavy atom. The van der Waals surface area contributed by atoms with E-state index in [9.17, 15) is 0 Å². The van der Waals surface area contributed by atoms with E-state index in [1.807, 2.05) is 30.3 Å². The lowest BCUT2D eigenvalue weighted by atomic mass is 9.85. The Balaban J connectivity index is 1.11. The van der Waals surface area contributed by atoms with Crippen LogP contribution in [-0.2, 0) is 0 Å². The van der Waals surface area contributed by atoms with Crippen molar-refractivity contribution in [3.8, 4) is 33.4 Å². The van der Waals surface area contributed by atoms with Gasteiger partial charge in [-0.15, -0.1) is 0 Å². The van der Waals surface area contributed by atoms with Crippen molar-refractivity contribution in [3.63, 3.8) is 0 Å². The van der Waals surface area contributed by atoms with Crippen molar-refractivity contribution in [2.45, 2.75) is 0 Å². The molecule has 3 heteroatoms. The van der Waals surface area contributed by atoms with Crippen molar-refractivity contribution in [2.75, 3.05) is 0 Å². The summed E-state index contributed by atoms with van der Waals surface area (Å²) in [6, 6.07) is 56.1. The van der Waals surface area contributed by atoms with Crippen molar-refractivity contribution < 1.29 is 4.42 Å². The number of nitrogens with zero attached hydrogens (tertiary/aromatic N) is 2. The topological polar surface area (TPSA) is 38.9 Å². The van der Waals surface area contributed by atoms with Gasteiger partial charge in [-0.2, -0.15) is 0 Å². The van der Waals surface area contributed by atoms with Crippen LogP contribution in [0.3, 0.4) is 0 Å². The van der Waals surface area contributed by atoms with Gasteiger partial charge in [0.1, 0.15) is 11.1 Å². The van der Waals surface area contributed by atoms with Crippen LogP contribution in [0, 0.1) is 0 Å². The molecule has 47 heavy (non-hydrogen) atoms. The van der Waals surface area contributed by atoms with Gasteiger partial charge in [0, 0.05) is 0 Å². The second-order valence-electron chi connectivity index (χ2n) is 12.1. The molecule has 0 fully saturated rings. The minimum atomic E-state index is 0.572. The van der Waals surface area contributed by atoms with Crippen molar-refractivity contribution in [1.29, 1.82) is 0 Å². The van der Waals surface area contributed by atoms with Crippen LogP contribution in [0.2, 0.25) is 0 Å². The molecule has 0 saturated carbocycles. The monoisotopic (exact) mass is 598 g/mol. The molecule has 10 aromatic rings. The van der Waals surface area contributed by atoms with E-state index in [4.69, 9.17) is 14.4 Å². The van der Waals surface area contributed by atoms with Crippen molar-refractivity contribution in [2.24, 2.45) is 0 Å². The number of aromatic nitrogens is 2. The van der Waals surface area contributed by atoms with Gasteiger partial charge < -0.3 is 4.42 Å². The molecule has 10 rings (SSSR count). The maximum absolute atomic E-state index is 6.16. The lowest BCUT2D eigenvalue weighted by Gasteiger charge is -2.18. The Hall–Kier alpha value is -6.32. The molecule has 0 spiro atoms. The summed E-state index contributed by atoms with van der Waals surface area (Å²) >= 11 is 0. The molecular formula is C44H26N2O. The number of hydrogen-bond donors (Lipinski definition) is 0. The van der Waals surface area contributed by atoms with E-state index in [1.165, 1.54) is 54.9 Å². The van der Waals surface area contributed by atoms with Crippen LogP contribution in [0.15, 0.2) is 162 Å². The van der Waals surface area contributed by atoms with E-state index >= 15 is 0 Å². The van der Waals surface area contributed by atoms with Crippen LogP contribution < -0.4 is 0 Å². The number of rotatable bonds is 3. The third kappa shape index (κ3) is 4.00. The highest BCUT2D eigenvalue weighted by molar-refractivity contribution is 6.21. The van der Waals surface area contributed by atoms with Gasteiger partial charge in [0.15, 0.2) is 0 Å². The number of para-hydroxylation sites is 2. The van der Waals surface area contributed by atoms with Gasteiger partial charge in [-0.3, -0.25) is 0 Å². The summed E-state index contributed by atoms with van der Waals surface area (Å²) < 4.78 is 6.16. The highest BCUT2D eigenvalue weighted by Gasteiger charge is 2.17. The number of hydrogen-bond acceptors (Lipinski definition) is 3. The van der Waals surface area contributed by atoms with E-state index in [0.29, 0.717) is 5.71 Å². The molecule has 218 valence electrons. The molecule has 0 aliphatic carbocycles. The van der Waals surface area contributed by atoms with Crippen LogP contribution >= 0.6 is 0 Å². The largest absolute Gasteiger partial charge is 0.436 e. The summed E-state index contributed by atoms with van der Waals surface area (Å²) in [6.07, 6.45) is 0. The van der Waals surface area contributed by atoms with Gasteiger partial charge in [-0.25, -0.2) is 9.97 Å². The number of fused-ring (bicyclic) bond motifs is 8. The zero-order chi connectivity index (χ0) is 30.9. The summed E-state index contributed by atoms with van der Waals surface area (Å²) in [4.78, 5) is 9.69. The third-order valence-electron chi connectivity index (χ3n) is 9.46. The third-order valence-corrected chi connectivity index (χ3v) is 9.46. The first-order chi connectivity index (χ1) is 23.3. The van der Waals surface area contributed by atoms with Gasteiger partial charge in [-0.05, 0) is 90.0 Å². The normalized spacial score (nSPS) is 11.8. The molecule has 2 aromatic heterocycles. The molecule has 8 aromatic carbocycles. The molecular weight excluding hydrogens is 572 g/mol. The Morgan fingerprint density at radius 2 is 0.915 bits per heavy atom. The molecule has 0 saturated heterocycles. The summed E-state index contributed by atoms with van der Waals surface area (Å²) in [5.74, 6) is 0. The minimum absolute atomic E-state index is 0.572. The van der Waals surface area contributed by atoms with E-state index in [1.54, 1.807) is 0 Å². The molecule has 0 atom stereocenters. The van der Waals surface area contributed by atoms with Gasteiger partial charge in [0.25, 0.3) is 0 Å². The first-order valence-corrected chi connectivity index (χ1v) is 15.9. The van der Waals surface area contributed by atoms with Gasteiger partial charge in [0.2, 0.25) is 5.71 Å². The molecule has 0 unspecified atom stereocenters. The van der Waals surface area contributed by atoms with Crippen LogP contribution in [-0.4, -0.2) is 9.97 Å². The fraction of sp³-hybridized carbons (Fsp3) is 0. The number of furan rings is 1. The summed E-state index contributed by atoms with van der Waals surface area (Å²) in [5, 5.41) is 8.32. The minimum Gasteiger partial charge on any atom is -0.436 e. The second-order valence-corrected chi connectivity index (χ2v) is 12.1. The maximum Gasteiger partial charge on any atom is 0.246 e. The zero-order valence-corrected chi connectivity index (χ0v) is 25.3. The van der Waals surface area contributed by atoms with Crippen LogP contribution in [0.5, 0.6) is 0 Å². The summed E-state index contributed by atoms with van der Waals surface area (Å²) in [6.45, 7) is 0. The van der Waals surface area contributed by atoms with E-state index in [0.717, 1.165) is 38.3 Å². The molecule has 0 bridgehead atoms. The Kier molecular flexibility index (Phi) is 5.57. The van der Waals surface area contributed by atoms with Gasteiger partial charge in [0.05, 0.1) is 16.4 Å². The lowest BCUT2D eigenvalue weighted by molar-refractivity contribution is 0.655. The molecule has 2 heterocycles. The highest BCUT2D eigenvalue weighted by Crippen LogP contribution is 2.44. The Bertz CT molecular complexity index is 2780. The average Bonchev–Trinajstić information content (AvgIpc) is 3.50. The molecule has 0 radical (unpaired) electrons. The Morgan fingerprint density at radius 3 is 1.57 bits per heavy atom. The molecule has 0 aliphatic rings. The van der Waals surface area contributed by atoms with E-state index in [2.05, 4.69) is 127 Å². The number of benzene rings is 8. The highest BCUT2D eigenvalue weighted by atomic mass is 16.3. The average molecular weight is 599 g/mol. The standard InChI is InChI=1S/C44H26N2O/c1-2-10-28(11-3-1)40-33-12-4-6-14-35(33)41(36-15-7-5-13-34(36)40)29-20-18-27(19-21-29)30-22-24-32-31(26-30)23-25-39-42(32)43-44(47-39)46-38-17-9-8-16-37(38)45-43/h1-26H. The smallest absolute Gasteiger partial charge is 0.246 e.